The molecule has 2 aliphatic rings. The van der Waals surface area contributed by atoms with E-state index in [0.29, 0.717) is 38.4 Å². The van der Waals surface area contributed by atoms with Gasteiger partial charge in [-0.15, -0.1) is 5.10 Å². The van der Waals surface area contributed by atoms with Crippen LogP contribution in [-0.4, -0.2) is 94.6 Å². The zero-order valence-electron chi connectivity index (χ0n) is 18.0. The number of benzene rings is 1. The van der Waals surface area contributed by atoms with Crippen molar-refractivity contribution in [3.63, 3.8) is 0 Å². The van der Waals surface area contributed by atoms with Crippen molar-refractivity contribution in [2.24, 2.45) is 0 Å². The van der Waals surface area contributed by atoms with E-state index in [9.17, 15) is 9.59 Å². The highest BCUT2D eigenvalue weighted by atomic mass is 16.5. The van der Waals surface area contributed by atoms with E-state index < -0.39 is 0 Å². The fourth-order valence-electron chi connectivity index (χ4n) is 3.95. The van der Waals surface area contributed by atoms with Gasteiger partial charge in [0, 0.05) is 57.9 Å². The number of amides is 3. The van der Waals surface area contributed by atoms with Crippen molar-refractivity contribution in [3.05, 3.63) is 41.7 Å². The van der Waals surface area contributed by atoms with Crippen LogP contribution in [0.1, 0.15) is 29.0 Å². The van der Waals surface area contributed by atoms with E-state index in [-0.39, 0.29) is 18.0 Å². The number of rotatable bonds is 6. The summed E-state index contributed by atoms with van der Waals surface area (Å²) in [6.45, 7) is 7.33. The zero-order chi connectivity index (χ0) is 21.8. The summed E-state index contributed by atoms with van der Waals surface area (Å²) in [5.74, 6) is 0.794. The third kappa shape index (κ3) is 4.63. The Bertz CT molecular complexity index is 917. The minimum Gasteiger partial charge on any atom is -0.496 e. The molecule has 0 unspecified atom stereocenters. The number of likely N-dealkylation sites (tertiary alicyclic amines) is 1. The fourth-order valence-corrected chi connectivity index (χ4v) is 3.95. The fraction of sp³-hybridized carbons (Fsp3) is 0.524. The second-order valence-corrected chi connectivity index (χ2v) is 7.86. The van der Waals surface area contributed by atoms with E-state index in [2.05, 4.69) is 26.6 Å². The van der Waals surface area contributed by atoms with E-state index in [1.807, 2.05) is 30.0 Å². The monoisotopic (exact) mass is 427 g/mol. The van der Waals surface area contributed by atoms with Crippen LogP contribution in [0.15, 0.2) is 30.5 Å². The smallest absolute Gasteiger partial charge is 0.317 e. The van der Waals surface area contributed by atoms with E-state index in [1.165, 1.54) is 0 Å². The second kappa shape index (κ2) is 9.34. The van der Waals surface area contributed by atoms with E-state index in [0.717, 1.165) is 30.9 Å². The summed E-state index contributed by atoms with van der Waals surface area (Å²) in [6.07, 6.45) is 1.70. The van der Waals surface area contributed by atoms with E-state index >= 15 is 0 Å². The molecular weight excluding hydrogens is 398 g/mol. The molecule has 2 saturated heterocycles. The number of carbonyl (C=O) groups excluding carboxylic acids is 2. The van der Waals surface area contributed by atoms with E-state index in [1.54, 1.807) is 22.9 Å². The van der Waals surface area contributed by atoms with Gasteiger partial charge in [0.25, 0.3) is 5.91 Å². The number of nitrogens with one attached hydrogen (secondary N) is 1. The molecule has 0 aliphatic carbocycles. The number of urea groups is 1. The Balaban J connectivity index is 1.27. The first-order valence-corrected chi connectivity index (χ1v) is 10.7. The quantitative estimate of drug-likeness (QED) is 0.734. The van der Waals surface area contributed by atoms with Crippen molar-refractivity contribution in [2.75, 3.05) is 52.9 Å². The zero-order valence-corrected chi connectivity index (χ0v) is 18.0. The second-order valence-electron chi connectivity index (χ2n) is 7.86. The molecule has 10 nitrogen and oxygen atoms in total. The molecule has 4 rings (SSSR count). The summed E-state index contributed by atoms with van der Waals surface area (Å²) >= 11 is 0. The Hall–Kier alpha value is -3.14. The molecule has 0 bridgehead atoms. The van der Waals surface area contributed by atoms with Gasteiger partial charge in [-0.05, 0) is 13.0 Å². The molecule has 166 valence electrons. The predicted octanol–water partition coefficient (Wildman–Crippen LogP) is 0.831. The number of methoxy groups -OCH3 is 1. The van der Waals surface area contributed by atoms with Crippen molar-refractivity contribution in [1.82, 2.24) is 35.0 Å². The third-order valence-corrected chi connectivity index (χ3v) is 5.83. The van der Waals surface area contributed by atoms with Crippen LogP contribution in [0.25, 0.3) is 0 Å². The topological polar surface area (TPSA) is 95.8 Å². The van der Waals surface area contributed by atoms with Gasteiger partial charge in [-0.3, -0.25) is 9.69 Å². The molecule has 2 aliphatic heterocycles. The molecule has 0 saturated carbocycles. The average Bonchev–Trinajstić information content (AvgIpc) is 3.23. The van der Waals surface area contributed by atoms with Crippen molar-refractivity contribution in [2.45, 2.75) is 19.5 Å². The first kappa shape index (κ1) is 21.1. The lowest BCUT2D eigenvalue weighted by molar-refractivity contribution is 0.0621. The number of carbonyl (C=O) groups is 2. The molecule has 2 fully saturated rings. The van der Waals surface area contributed by atoms with Gasteiger partial charge in [-0.2, -0.15) is 0 Å². The SMILES string of the molecule is CCNC(=O)N1CC(n2cc(C(=O)N3CCN(Cc4ccccc4OC)CC3)nn2)C1. The molecule has 10 heteroatoms. The van der Waals surface area contributed by atoms with Crippen LogP contribution in [0.4, 0.5) is 4.79 Å². The van der Waals surface area contributed by atoms with E-state index in [4.69, 9.17) is 4.74 Å². The first-order chi connectivity index (χ1) is 15.1. The van der Waals surface area contributed by atoms with Gasteiger partial charge in [0.15, 0.2) is 5.69 Å². The Morgan fingerprint density at radius 2 is 1.87 bits per heavy atom. The van der Waals surface area contributed by atoms with Crippen LogP contribution in [-0.2, 0) is 6.54 Å². The maximum Gasteiger partial charge on any atom is 0.317 e. The normalized spacial score (nSPS) is 17.4. The minimum absolute atomic E-state index is 0.0642. The average molecular weight is 428 g/mol. The van der Waals surface area contributed by atoms with Gasteiger partial charge in [0.05, 0.1) is 19.3 Å². The Morgan fingerprint density at radius 3 is 2.58 bits per heavy atom. The number of hydrogen-bond acceptors (Lipinski definition) is 6. The highest BCUT2D eigenvalue weighted by Crippen LogP contribution is 2.22. The highest BCUT2D eigenvalue weighted by molar-refractivity contribution is 5.92. The van der Waals surface area contributed by atoms with Crippen LogP contribution >= 0.6 is 0 Å². The Morgan fingerprint density at radius 1 is 1.13 bits per heavy atom. The molecule has 2 aromatic rings. The Kier molecular flexibility index (Phi) is 6.36. The predicted molar refractivity (Wildman–Crippen MR) is 114 cm³/mol. The van der Waals surface area contributed by atoms with Crippen LogP contribution in [0.3, 0.4) is 0 Å². The van der Waals surface area contributed by atoms with Crippen LogP contribution in [0, 0.1) is 0 Å². The largest absolute Gasteiger partial charge is 0.496 e. The van der Waals surface area contributed by atoms with Gasteiger partial charge in [0.2, 0.25) is 0 Å². The lowest BCUT2D eigenvalue weighted by atomic mass is 10.1. The molecular formula is C21H29N7O3. The van der Waals surface area contributed by atoms with Crippen molar-refractivity contribution < 1.29 is 14.3 Å². The molecule has 1 aromatic heterocycles. The third-order valence-electron chi connectivity index (χ3n) is 5.83. The minimum atomic E-state index is -0.0944. The number of aromatic nitrogens is 3. The van der Waals surface area contributed by atoms with Gasteiger partial charge in [0.1, 0.15) is 5.75 Å². The van der Waals surface area contributed by atoms with Crippen molar-refractivity contribution in [3.8, 4) is 5.75 Å². The lowest BCUT2D eigenvalue weighted by Crippen LogP contribution is -2.54. The van der Waals surface area contributed by atoms with Crippen molar-refractivity contribution in [1.29, 1.82) is 0 Å². The van der Waals surface area contributed by atoms with Gasteiger partial charge >= 0.3 is 6.03 Å². The summed E-state index contributed by atoms with van der Waals surface area (Å²) in [6, 6.07) is 8.01. The molecule has 1 aromatic carbocycles. The molecule has 1 N–H and O–H groups in total. The summed E-state index contributed by atoms with van der Waals surface area (Å²) < 4.78 is 7.13. The van der Waals surface area contributed by atoms with Crippen molar-refractivity contribution >= 4 is 11.9 Å². The highest BCUT2D eigenvalue weighted by Gasteiger charge is 2.33. The van der Waals surface area contributed by atoms with Crippen LogP contribution in [0.2, 0.25) is 0 Å². The molecule has 3 heterocycles. The van der Waals surface area contributed by atoms with Gasteiger partial charge in [-0.25, -0.2) is 9.48 Å². The number of para-hydroxylation sites is 1. The number of hydrogen-bond donors (Lipinski definition) is 1. The summed E-state index contributed by atoms with van der Waals surface area (Å²) in [5.41, 5.74) is 1.50. The molecule has 31 heavy (non-hydrogen) atoms. The van der Waals surface area contributed by atoms with Crippen LogP contribution < -0.4 is 10.1 Å². The maximum atomic E-state index is 12.9. The lowest BCUT2D eigenvalue weighted by Gasteiger charge is -2.38. The molecule has 0 atom stereocenters. The number of piperazine rings is 1. The maximum absolute atomic E-state index is 12.9. The van der Waals surface area contributed by atoms with Crippen LogP contribution in [0.5, 0.6) is 5.75 Å². The Labute approximate surface area is 181 Å². The molecule has 0 radical (unpaired) electrons. The molecule has 0 spiro atoms. The standard InChI is InChI=1S/C21H29N7O3/c1-3-22-21(30)27-13-17(14-27)28-15-18(23-24-28)20(29)26-10-8-25(9-11-26)12-16-6-4-5-7-19(16)31-2/h4-7,15,17H,3,8-14H2,1-2H3,(H,22,30). The summed E-state index contributed by atoms with van der Waals surface area (Å²) in [4.78, 5) is 30.5. The summed E-state index contributed by atoms with van der Waals surface area (Å²) in [7, 11) is 1.68. The number of nitrogens with zero attached hydrogens (tertiary/aromatic N) is 6. The first-order valence-electron chi connectivity index (χ1n) is 10.7. The molecule has 3 amide bonds. The number of ether oxygens (including phenoxy) is 1. The summed E-state index contributed by atoms with van der Waals surface area (Å²) in [5, 5.41) is 11.0. The van der Waals surface area contributed by atoms with Gasteiger partial charge < -0.3 is 19.9 Å². The van der Waals surface area contributed by atoms with Gasteiger partial charge in [-0.1, -0.05) is 23.4 Å².